The summed E-state index contributed by atoms with van der Waals surface area (Å²) in [5.41, 5.74) is 1.37. The molecule has 24 heavy (non-hydrogen) atoms. The predicted octanol–water partition coefficient (Wildman–Crippen LogP) is 3.32. The van der Waals surface area contributed by atoms with Crippen LogP contribution in [0.25, 0.3) is 0 Å². The number of aromatic carboxylic acids is 1. The normalized spacial score (nSPS) is 10.2. The molecule has 0 unspecified atom stereocenters. The summed E-state index contributed by atoms with van der Waals surface area (Å²) < 4.78 is 0. The summed E-state index contributed by atoms with van der Waals surface area (Å²) in [6, 6.07) is 12.8. The minimum atomic E-state index is -1.02. The molecular formula is C18H16ClNO4. The van der Waals surface area contributed by atoms with E-state index in [2.05, 4.69) is 5.32 Å². The van der Waals surface area contributed by atoms with Crippen LogP contribution in [-0.2, 0) is 11.3 Å². The number of Topliss-reactive ketones (excluding diaryl/α,β-unsaturated/α-hetero) is 1. The van der Waals surface area contributed by atoms with Gasteiger partial charge in [-0.25, -0.2) is 4.79 Å². The van der Waals surface area contributed by atoms with Gasteiger partial charge in [0.25, 0.3) is 0 Å². The zero-order chi connectivity index (χ0) is 17.5. The summed E-state index contributed by atoms with van der Waals surface area (Å²) in [5, 5.41) is 12.1. The van der Waals surface area contributed by atoms with Gasteiger partial charge in [-0.15, -0.1) is 0 Å². The summed E-state index contributed by atoms with van der Waals surface area (Å²) in [7, 11) is 0. The fraction of sp³-hybridized carbons (Fsp3) is 0.167. The lowest BCUT2D eigenvalue weighted by molar-refractivity contribution is -0.121. The van der Waals surface area contributed by atoms with Gasteiger partial charge in [-0.2, -0.15) is 0 Å². The monoisotopic (exact) mass is 345 g/mol. The third-order valence-corrected chi connectivity index (χ3v) is 3.66. The molecule has 0 saturated carbocycles. The highest BCUT2D eigenvalue weighted by atomic mass is 35.5. The van der Waals surface area contributed by atoms with Crippen molar-refractivity contribution in [3.05, 3.63) is 70.2 Å². The maximum Gasteiger partial charge on any atom is 0.335 e. The van der Waals surface area contributed by atoms with Crippen LogP contribution >= 0.6 is 11.6 Å². The molecule has 0 aliphatic carbocycles. The first-order valence-electron chi connectivity index (χ1n) is 7.33. The molecule has 0 aromatic heterocycles. The van der Waals surface area contributed by atoms with E-state index < -0.39 is 5.97 Å². The number of hydrogen-bond acceptors (Lipinski definition) is 3. The van der Waals surface area contributed by atoms with Crippen molar-refractivity contribution in [3.63, 3.8) is 0 Å². The largest absolute Gasteiger partial charge is 0.478 e. The van der Waals surface area contributed by atoms with Crippen LogP contribution in [0.3, 0.4) is 0 Å². The standard InChI is InChI=1S/C18H16ClNO4/c19-15-6-4-13(5-7-15)16(21)8-9-17(22)20-11-12-2-1-3-14(10-12)18(23)24/h1-7,10H,8-9,11H2,(H,20,22)(H,23,24). The van der Waals surface area contributed by atoms with E-state index in [9.17, 15) is 14.4 Å². The van der Waals surface area contributed by atoms with Crippen LogP contribution in [0.2, 0.25) is 5.02 Å². The van der Waals surface area contributed by atoms with Crippen molar-refractivity contribution in [2.75, 3.05) is 0 Å². The first-order chi connectivity index (χ1) is 11.5. The molecule has 0 radical (unpaired) electrons. The molecule has 0 aliphatic rings. The number of carboxylic acids is 1. The van der Waals surface area contributed by atoms with Crippen LogP contribution in [0.15, 0.2) is 48.5 Å². The lowest BCUT2D eigenvalue weighted by Crippen LogP contribution is -2.23. The molecule has 0 fully saturated rings. The van der Waals surface area contributed by atoms with Crippen molar-refractivity contribution in [3.8, 4) is 0 Å². The molecule has 6 heteroatoms. The van der Waals surface area contributed by atoms with Crippen molar-refractivity contribution >= 4 is 29.3 Å². The number of carboxylic acid groups (broad SMARTS) is 1. The van der Waals surface area contributed by atoms with Crippen molar-refractivity contribution in [1.29, 1.82) is 0 Å². The van der Waals surface area contributed by atoms with Crippen LogP contribution in [-0.4, -0.2) is 22.8 Å². The Bertz CT molecular complexity index is 756. The molecule has 124 valence electrons. The lowest BCUT2D eigenvalue weighted by Gasteiger charge is -2.06. The van der Waals surface area contributed by atoms with Gasteiger partial charge in [0.1, 0.15) is 0 Å². The molecule has 0 spiro atoms. The zero-order valence-corrected chi connectivity index (χ0v) is 13.5. The van der Waals surface area contributed by atoms with E-state index in [1.165, 1.54) is 12.1 Å². The fourth-order valence-electron chi connectivity index (χ4n) is 2.11. The molecule has 2 aromatic rings. The Kier molecular flexibility index (Phi) is 6.09. The van der Waals surface area contributed by atoms with Gasteiger partial charge in [-0.3, -0.25) is 9.59 Å². The topological polar surface area (TPSA) is 83.5 Å². The van der Waals surface area contributed by atoms with Crippen LogP contribution in [0.1, 0.15) is 39.1 Å². The van der Waals surface area contributed by atoms with Gasteiger partial charge in [-0.05, 0) is 42.0 Å². The summed E-state index contributed by atoms with van der Waals surface area (Å²) in [6.07, 6.45) is 0.169. The number of nitrogens with one attached hydrogen (secondary N) is 1. The van der Waals surface area contributed by atoms with Gasteiger partial charge in [-0.1, -0.05) is 23.7 Å². The van der Waals surface area contributed by atoms with E-state index in [-0.39, 0.29) is 36.6 Å². The highest BCUT2D eigenvalue weighted by molar-refractivity contribution is 6.30. The molecule has 0 heterocycles. The number of ketones is 1. The van der Waals surface area contributed by atoms with E-state index in [4.69, 9.17) is 16.7 Å². The third-order valence-electron chi connectivity index (χ3n) is 3.41. The molecule has 0 atom stereocenters. The minimum Gasteiger partial charge on any atom is -0.478 e. The maximum atomic E-state index is 12.0. The number of rotatable bonds is 7. The summed E-state index contributed by atoms with van der Waals surface area (Å²) in [6.45, 7) is 0.217. The van der Waals surface area contributed by atoms with Gasteiger partial charge in [0, 0.05) is 30.0 Å². The Balaban J connectivity index is 1.81. The fourth-order valence-corrected chi connectivity index (χ4v) is 2.24. The summed E-state index contributed by atoms with van der Waals surface area (Å²) in [5.74, 6) is -1.41. The number of carbonyl (C=O) groups is 3. The van der Waals surface area contributed by atoms with Gasteiger partial charge in [0.2, 0.25) is 5.91 Å². The molecule has 1 amide bonds. The van der Waals surface area contributed by atoms with Gasteiger partial charge in [0.05, 0.1) is 5.56 Å². The molecule has 2 N–H and O–H groups in total. The number of carbonyl (C=O) groups excluding carboxylic acids is 2. The molecule has 2 rings (SSSR count). The number of benzene rings is 2. The Labute approximate surface area is 144 Å². The van der Waals surface area contributed by atoms with Crippen LogP contribution < -0.4 is 5.32 Å². The van der Waals surface area contributed by atoms with Gasteiger partial charge >= 0.3 is 5.97 Å². The average molecular weight is 346 g/mol. The van der Waals surface area contributed by atoms with Gasteiger partial charge < -0.3 is 10.4 Å². The summed E-state index contributed by atoms with van der Waals surface area (Å²) >= 11 is 5.76. The van der Waals surface area contributed by atoms with E-state index in [0.29, 0.717) is 16.1 Å². The number of halogens is 1. The van der Waals surface area contributed by atoms with E-state index in [1.807, 2.05) is 0 Å². The Morgan fingerprint density at radius 1 is 0.958 bits per heavy atom. The van der Waals surface area contributed by atoms with E-state index in [0.717, 1.165) is 0 Å². The Morgan fingerprint density at radius 2 is 1.67 bits per heavy atom. The second-order valence-corrected chi connectivity index (χ2v) is 5.65. The maximum absolute atomic E-state index is 12.0. The number of hydrogen-bond donors (Lipinski definition) is 2. The third kappa shape index (κ3) is 5.21. The second kappa shape index (κ2) is 8.26. The second-order valence-electron chi connectivity index (χ2n) is 5.21. The Morgan fingerprint density at radius 3 is 2.33 bits per heavy atom. The smallest absolute Gasteiger partial charge is 0.335 e. The quantitative estimate of drug-likeness (QED) is 0.754. The van der Waals surface area contributed by atoms with Crippen molar-refractivity contribution < 1.29 is 19.5 Å². The van der Waals surface area contributed by atoms with Crippen molar-refractivity contribution in [2.45, 2.75) is 19.4 Å². The molecule has 0 aliphatic heterocycles. The highest BCUT2D eigenvalue weighted by Crippen LogP contribution is 2.12. The first kappa shape index (κ1) is 17.7. The average Bonchev–Trinajstić information content (AvgIpc) is 2.58. The molecule has 0 saturated heterocycles. The molecule has 5 nitrogen and oxygen atoms in total. The highest BCUT2D eigenvalue weighted by Gasteiger charge is 2.10. The lowest BCUT2D eigenvalue weighted by atomic mass is 10.1. The van der Waals surface area contributed by atoms with E-state index >= 15 is 0 Å². The SMILES string of the molecule is O=C(CCC(=O)c1ccc(Cl)cc1)NCc1cccc(C(=O)O)c1. The van der Waals surface area contributed by atoms with Crippen LogP contribution in [0.4, 0.5) is 0 Å². The summed E-state index contributed by atoms with van der Waals surface area (Å²) in [4.78, 5) is 34.7. The van der Waals surface area contributed by atoms with Crippen LogP contribution in [0, 0.1) is 0 Å². The zero-order valence-electron chi connectivity index (χ0n) is 12.8. The first-order valence-corrected chi connectivity index (χ1v) is 7.71. The van der Waals surface area contributed by atoms with E-state index in [1.54, 1.807) is 36.4 Å². The predicted molar refractivity (Wildman–Crippen MR) is 90.3 cm³/mol. The van der Waals surface area contributed by atoms with Crippen molar-refractivity contribution in [1.82, 2.24) is 5.32 Å². The molecule has 0 bridgehead atoms. The van der Waals surface area contributed by atoms with Crippen LogP contribution in [0.5, 0.6) is 0 Å². The van der Waals surface area contributed by atoms with Crippen molar-refractivity contribution in [2.24, 2.45) is 0 Å². The number of amides is 1. The Hall–Kier alpha value is -2.66. The minimum absolute atomic E-state index is 0.0695. The molecule has 2 aromatic carbocycles. The van der Waals surface area contributed by atoms with Gasteiger partial charge in [0.15, 0.2) is 5.78 Å². The molecular weight excluding hydrogens is 330 g/mol.